The number of hydrogen-bond acceptors (Lipinski definition) is 2. The zero-order chi connectivity index (χ0) is 11.6. The van der Waals surface area contributed by atoms with Gasteiger partial charge in [-0.1, -0.05) is 40.0 Å². The van der Waals surface area contributed by atoms with Gasteiger partial charge in [0.1, 0.15) is 0 Å². The highest BCUT2D eigenvalue weighted by atomic mass is 15.2. The van der Waals surface area contributed by atoms with Crippen LogP contribution in [0.5, 0.6) is 0 Å². The average molecular weight is 224 g/mol. The Hall–Kier alpha value is -0.0800. The van der Waals surface area contributed by atoms with E-state index in [9.17, 15) is 0 Å². The van der Waals surface area contributed by atoms with Crippen LogP contribution in [0.3, 0.4) is 0 Å². The molecule has 1 heterocycles. The number of nitrogens with one attached hydrogen (secondary N) is 1. The predicted molar refractivity (Wildman–Crippen MR) is 69.7 cm³/mol. The van der Waals surface area contributed by atoms with Crippen LogP contribution in [-0.2, 0) is 0 Å². The normalized spacial score (nSPS) is 30.6. The van der Waals surface area contributed by atoms with Gasteiger partial charge in [0.15, 0.2) is 0 Å². The lowest BCUT2D eigenvalue weighted by Crippen LogP contribution is -2.60. The third-order valence-corrected chi connectivity index (χ3v) is 4.33. The number of hydrogen-bond donors (Lipinski definition) is 1. The molecule has 94 valence electrons. The van der Waals surface area contributed by atoms with Gasteiger partial charge in [-0.3, -0.25) is 4.90 Å². The fourth-order valence-electron chi connectivity index (χ4n) is 3.37. The lowest BCUT2D eigenvalue weighted by atomic mass is 9.82. The van der Waals surface area contributed by atoms with Crippen molar-refractivity contribution in [2.24, 2.45) is 5.41 Å². The smallest absolute Gasteiger partial charge is 0.0272 e. The summed E-state index contributed by atoms with van der Waals surface area (Å²) in [5.74, 6) is 0. The van der Waals surface area contributed by atoms with Crippen LogP contribution in [0, 0.1) is 5.41 Å². The molecule has 2 heteroatoms. The SMILES string of the molecule is CC(C)(C)C1CNCCN1C1CCCCC1. The van der Waals surface area contributed by atoms with Gasteiger partial charge in [-0.25, -0.2) is 0 Å². The third kappa shape index (κ3) is 2.78. The van der Waals surface area contributed by atoms with Crippen LogP contribution in [0.25, 0.3) is 0 Å². The Balaban J connectivity index is 2.03. The molecule has 1 unspecified atom stereocenters. The summed E-state index contributed by atoms with van der Waals surface area (Å²) in [5, 5.41) is 3.57. The summed E-state index contributed by atoms with van der Waals surface area (Å²) in [5.41, 5.74) is 0.408. The molecule has 0 bridgehead atoms. The molecular weight excluding hydrogens is 196 g/mol. The van der Waals surface area contributed by atoms with Gasteiger partial charge in [-0.05, 0) is 18.3 Å². The third-order valence-electron chi connectivity index (χ3n) is 4.33. The minimum atomic E-state index is 0.408. The average Bonchev–Trinajstić information content (AvgIpc) is 2.29. The largest absolute Gasteiger partial charge is 0.314 e. The number of rotatable bonds is 1. The Bertz CT molecular complexity index is 213. The molecule has 1 N–H and O–H groups in total. The molecule has 2 rings (SSSR count). The summed E-state index contributed by atoms with van der Waals surface area (Å²) in [4.78, 5) is 2.82. The maximum Gasteiger partial charge on any atom is 0.0272 e. The van der Waals surface area contributed by atoms with Crippen molar-refractivity contribution in [3.63, 3.8) is 0 Å². The van der Waals surface area contributed by atoms with Crippen molar-refractivity contribution in [3.05, 3.63) is 0 Å². The van der Waals surface area contributed by atoms with Crippen LogP contribution in [-0.4, -0.2) is 36.6 Å². The van der Waals surface area contributed by atoms with Crippen LogP contribution >= 0.6 is 0 Å². The van der Waals surface area contributed by atoms with E-state index in [0.29, 0.717) is 5.41 Å². The molecule has 0 aromatic heterocycles. The van der Waals surface area contributed by atoms with Gasteiger partial charge in [-0.2, -0.15) is 0 Å². The first-order valence-corrected chi connectivity index (χ1v) is 7.05. The topological polar surface area (TPSA) is 15.3 Å². The predicted octanol–water partition coefficient (Wildman–Crippen LogP) is 2.64. The fourth-order valence-corrected chi connectivity index (χ4v) is 3.37. The quantitative estimate of drug-likeness (QED) is 0.736. The molecule has 1 saturated heterocycles. The summed E-state index contributed by atoms with van der Waals surface area (Å²) in [7, 11) is 0. The number of nitrogens with zero attached hydrogens (tertiary/aromatic N) is 1. The van der Waals surface area contributed by atoms with E-state index in [2.05, 4.69) is 31.0 Å². The van der Waals surface area contributed by atoms with Gasteiger partial charge in [0.05, 0.1) is 0 Å². The lowest BCUT2D eigenvalue weighted by Gasteiger charge is -2.48. The van der Waals surface area contributed by atoms with Crippen molar-refractivity contribution in [1.82, 2.24) is 10.2 Å². The summed E-state index contributed by atoms with van der Waals surface area (Å²) in [6, 6.07) is 1.60. The summed E-state index contributed by atoms with van der Waals surface area (Å²) < 4.78 is 0. The Morgan fingerprint density at radius 2 is 1.75 bits per heavy atom. The van der Waals surface area contributed by atoms with Gasteiger partial charge in [0.25, 0.3) is 0 Å². The van der Waals surface area contributed by atoms with Gasteiger partial charge in [0, 0.05) is 31.7 Å². The number of piperazine rings is 1. The van der Waals surface area contributed by atoms with Gasteiger partial charge in [0.2, 0.25) is 0 Å². The molecule has 2 nitrogen and oxygen atoms in total. The summed E-state index contributed by atoms with van der Waals surface area (Å²) in [6.45, 7) is 10.8. The van der Waals surface area contributed by atoms with E-state index in [-0.39, 0.29) is 0 Å². The van der Waals surface area contributed by atoms with E-state index in [1.54, 1.807) is 0 Å². The molecule has 0 spiro atoms. The van der Waals surface area contributed by atoms with Crippen molar-refractivity contribution in [2.45, 2.75) is 65.0 Å². The van der Waals surface area contributed by atoms with E-state index in [1.807, 2.05) is 0 Å². The van der Waals surface area contributed by atoms with Crippen LogP contribution in [0.1, 0.15) is 52.9 Å². The first kappa shape index (κ1) is 12.4. The Morgan fingerprint density at radius 3 is 2.38 bits per heavy atom. The standard InChI is InChI=1S/C14H28N2/c1-14(2,3)13-11-15-9-10-16(13)12-7-5-4-6-8-12/h12-13,15H,4-11H2,1-3H3. The van der Waals surface area contributed by atoms with Crippen molar-refractivity contribution in [3.8, 4) is 0 Å². The Morgan fingerprint density at radius 1 is 1.06 bits per heavy atom. The van der Waals surface area contributed by atoms with Gasteiger partial charge >= 0.3 is 0 Å². The molecule has 0 aromatic rings. The Kier molecular flexibility index (Phi) is 3.91. The van der Waals surface area contributed by atoms with Gasteiger partial charge in [-0.15, -0.1) is 0 Å². The molecule has 1 saturated carbocycles. The van der Waals surface area contributed by atoms with E-state index in [4.69, 9.17) is 0 Å². The maximum absolute atomic E-state index is 3.57. The van der Waals surface area contributed by atoms with E-state index < -0.39 is 0 Å². The van der Waals surface area contributed by atoms with E-state index in [0.717, 1.165) is 12.1 Å². The molecule has 0 radical (unpaired) electrons. The highest BCUT2D eigenvalue weighted by Crippen LogP contribution is 2.31. The minimum absolute atomic E-state index is 0.408. The molecule has 0 aromatic carbocycles. The van der Waals surface area contributed by atoms with E-state index in [1.165, 1.54) is 51.7 Å². The molecule has 16 heavy (non-hydrogen) atoms. The first-order valence-electron chi connectivity index (χ1n) is 7.05. The van der Waals surface area contributed by atoms with Crippen molar-refractivity contribution >= 4 is 0 Å². The fraction of sp³-hybridized carbons (Fsp3) is 1.00. The molecular formula is C14H28N2. The minimum Gasteiger partial charge on any atom is -0.314 e. The molecule has 0 amide bonds. The summed E-state index contributed by atoms with van der Waals surface area (Å²) >= 11 is 0. The second kappa shape index (κ2) is 5.05. The molecule has 1 aliphatic carbocycles. The van der Waals surface area contributed by atoms with Crippen LogP contribution in [0.15, 0.2) is 0 Å². The molecule has 1 aliphatic heterocycles. The van der Waals surface area contributed by atoms with Gasteiger partial charge < -0.3 is 5.32 Å². The molecule has 1 atom stereocenters. The van der Waals surface area contributed by atoms with Crippen molar-refractivity contribution in [1.29, 1.82) is 0 Å². The maximum atomic E-state index is 3.57. The second-order valence-electron chi connectivity index (χ2n) is 6.62. The highest BCUT2D eigenvalue weighted by Gasteiger charge is 2.36. The molecule has 2 fully saturated rings. The zero-order valence-corrected chi connectivity index (χ0v) is 11.3. The lowest BCUT2D eigenvalue weighted by molar-refractivity contribution is 0.0238. The first-order chi connectivity index (χ1) is 7.59. The zero-order valence-electron chi connectivity index (χ0n) is 11.3. The Labute approximate surface area is 101 Å². The van der Waals surface area contributed by atoms with Crippen molar-refractivity contribution in [2.75, 3.05) is 19.6 Å². The van der Waals surface area contributed by atoms with E-state index >= 15 is 0 Å². The molecule has 2 aliphatic rings. The van der Waals surface area contributed by atoms with Crippen LogP contribution < -0.4 is 5.32 Å². The highest BCUT2D eigenvalue weighted by molar-refractivity contribution is 4.92. The monoisotopic (exact) mass is 224 g/mol. The summed E-state index contributed by atoms with van der Waals surface area (Å²) in [6.07, 6.45) is 7.23. The second-order valence-corrected chi connectivity index (χ2v) is 6.62. The van der Waals surface area contributed by atoms with Crippen LogP contribution in [0.4, 0.5) is 0 Å². The van der Waals surface area contributed by atoms with Crippen LogP contribution in [0.2, 0.25) is 0 Å². The van der Waals surface area contributed by atoms with Crippen molar-refractivity contribution < 1.29 is 0 Å².